The molecule has 0 saturated carbocycles. The summed E-state index contributed by atoms with van der Waals surface area (Å²) >= 11 is 3.46. The van der Waals surface area contributed by atoms with Gasteiger partial charge in [-0.15, -0.1) is 0 Å². The molecule has 0 aliphatic carbocycles. The summed E-state index contributed by atoms with van der Waals surface area (Å²) in [7, 11) is -2.17. The van der Waals surface area contributed by atoms with Crippen LogP contribution in [-0.4, -0.2) is 26.7 Å². The average Bonchev–Trinajstić information content (AvgIpc) is 2.59. The van der Waals surface area contributed by atoms with Crippen molar-refractivity contribution in [2.75, 3.05) is 23.1 Å². The molecule has 0 atom stereocenters. The number of anilines is 4. The van der Waals surface area contributed by atoms with Crippen LogP contribution in [0.5, 0.6) is 0 Å². The number of benzene rings is 2. The van der Waals surface area contributed by atoms with Gasteiger partial charge in [0.2, 0.25) is 5.95 Å². The van der Waals surface area contributed by atoms with E-state index >= 15 is 0 Å². The summed E-state index contributed by atoms with van der Waals surface area (Å²) in [5, 5.41) is 6.40. The van der Waals surface area contributed by atoms with Crippen LogP contribution in [0.25, 0.3) is 0 Å². The van der Waals surface area contributed by atoms with E-state index in [1.165, 1.54) is 0 Å². The fourth-order valence-corrected chi connectivity index (χ4v) is 3.08. The minimum Gasteiger partial charge on any atom is -0.339 e. The molecule has 0 radical (unpaired) electrons. The second-order valence-corrected chi connectivity index (χ2v) is 9.23. The molecule has 3 rings (SSSR count). The summed E-state index contributed by atoms with van der Waals surface area (Å²) in [6.07, 6.45) is 4.90. The standard InChI is InChI=1S/C18H18BrN5OS/c1-26(2,25)24-15-10-8-14(9-11-15)22-18-20-12-16(19)17(23-18)21-13-6-4-3-5-7-13/h3-12H,1-2H3,(H2,20,21,22,23). The minimum atomic E-state index is -2.17. The van der Waals surface area contributed by atoms with Crippen molar-refractivity contribution in [1.29, 1.82) is 0 Å². The van der Waals surface area contributed by atoms with E-state index in [1.54, 1.807) is 30.8 Å². The van der Waals surface area contributed by atoms with Gasteiger partial charge in [-0.25, -0.2) is 9.19 Å². The van der Waals surface area contributed by atoms with Crippen LogP contribution in [0, 0.1) is 0 Å². The molecule has 6 nitrogen and oxygen atoms in total. The maximum Gasteiger partial charge on any atom is 0.229 e. The largest absolute Gasteiger partial charge is 0.339 e. The molecule has 1 heterocycles. The highest BCUT2D eigenvalue weighted by Crippen LogP contribution is 2.25. The van der Waals surface area contributed by atoms with E-state index in [-0.39, 0.29) is 0 Å². The lowest BCUT2D eigenvalue weighted by Crippen LogP contribution is -2.01. The van der Waals surface area contributed by atoms with Crippen molar-refractivity contribution >= 4 is 54.5 Å². The van der Waals surface area contributed by atoms with Gasteiger partial charge in [0.25, 0.3) is 0 Å². The van der Waals surface area contributed by atoms with Crippen molar-refractivity contribution in [3.63, 3.8) is 0 Å². The molecule has 1 aromatic heterocycles. The van der Waals surface area contributed by atoms with Crippen LogP contribution in [-0.2, 0) is 9.73 Å². The molecule has 0 unspecified atom stereocenters. The van der Waals surface area contributed by atoms with E-state index in [0.29, 0.717) is 17.5 Å². The number of halogens is 1. The Kier molecular flexibility index (Phi) is 5.53. The summed E-state index contributed by atoms with van der Waals surface area (Å²) in [6, 6.07) is 17.1. The fraction of sp³-hybridized carbons (Fsp3) is 0.111. The number of hydrogen-bond acceptors (Lipinski definition) is 6. The van der Waals surface area contributed by atoms with Gasteiger partial charge >= 0.3 is 0 Å². The molecular weight excluding hydrogens is 414 g/mol. The Hall–Kier alpha value is -2.45. The Morgan fingerprint density at radius 1 is 0.962 bits per heavy atom. The summed E-state index contributed by atoms with van der Waals surface area (Å²) in [5.74, 6) is 1.13. The molecule has 0 aliphatic heterocycles. The number of aromatic nitrogens is 2. The third-order valence-electron chi connectivity index (χ3n) is 3.23. The van der Waals surface area contributed by atoms with Crippen LogP contribution in [0.1, 0.15) is 0 Å². The maximum absolute atomic E-state index is 11.7. The smallest absolute Gasteiger partial charge is 0.229 e. The topological polar surface area (TPSA) is 79.3 Å². The molecule has 0 bridgehead atoms. The van der Waals surface area contributed by atoms with Gasteiger partial charge < -0.3 is 10.6 Å². The Bertz CT molecular complexity index is 1010. The first-order valence-electron chi connectivity index (χ1n) is 7.78. The van der Waals surface area contributed by atoms with E-state index in [0.717, 1.165) is 15.8 Å². The van der Waals surface area contributed by atoms with Crippen molar-refractivity contribution in [2.45, 2.75) is 0 Å². The summed E-state index contributed by atoms with van der Waals surface area (Å²) in [5.41, 5.74) is 2.43. The van der Waals surface area contributed by atoms with Gasteiger partial charge in [-0.2, -0.15) is 9.35 Å². The van der Waals surface area contributed by atoms with Gasteiger partial charge in [0.05, 0.1) is 10.2 Å². The lowest BCUT2D eigenvalue weighted by molar-refractivity contribution is 0.684. The first-order chi connectivity index (χ1) is 12.4. The third-order valence-corrected chi connectivity index (χ3v) is 4.46. The van der Waals surface area contributed by atoms with E-state index in [2.05, 4.69) is 40.9 Å². The van der Waals surface area contributed by atoms with Crippen LogP contribution in [0.2, 0.25) is 0 Å². The SMILES string of the molecule is CS(C)(=O)=Nc1ccc(Nc2ncc(Br)c(Nc3ccccc3)n2)cc1. The molecule has 134 valence electrons. The number of rotatable bonds is 5. The molecule has 2 aromatic carbocycles. The lowest BCUT2D eigenvalue weighted by atomic mass is 10.3. The van der Waals surface area contributed by atoms with E-state index < -0.39 is 9.73 Å². The second-order valence-electron chi connectivity index (χ2n) is 5.83. The van der Waals surface area contributed by atoms with Gasteiger partial charge in [0, 0.05) is 39.8 Å². The van der Waals surface area contributed by atoms with Crippen LogP contribution >= 0.6 is 15.9 Å². The van der Waals surface area contributed by atoms with Crippen LogP contribution in [0.4, 0.5) is 28.8 Å². The molecule has 0 fully saturated rings. The molecule has 0 saturated heterocycles. The van der Waals surface area contributed by atoms with E-state index in [1.807, 2.05) is 42.5 Å². The summed E-state index contributed by atoms with van der Waals surface area (Å²) < 4.78 is 16.7. The number of nitrogens with zero attached hydrogens (tertiary/aromatic N) is 3. The van der Waals surface area contributed by atoms with Crippen molar-refractivity contribution < 1.29 is 4.21 Å². The summed E-state index contributed by atoms with van der Waals surface area (Å²) in [6.45, 7) is 0. The lowest BCUT2D eigenvalue weighted by Gasteiger charge is -2.10. The van der Waals surface area contributed by atoms with Gasteiger partial charge in [0.1, 0.15) is 5.82 Å². The monoisotopic (exact) mass is 431 g/mol. The molecule has 3 aromatic rings. The van der Waals surface area contributed by atoms with Crippen LogP contribution in [0.15, 0.2) is 69.6 Å². The molecule has 0 amide bonds. The van der Waals surface area contributed by atoms with Crippen LogP contribution in [0.3, 0.4) is 0 Å². The van der Waals surface area contributed by atoms with Crippen molar-refractivity contribution in [3.8, 4) is 0 Å². The number of para-hydroxylation sites is 1. The van der Waals surface area contributed by atoms with Gasteiger partial charge in [0.15, 0.2) is 0 Å². The highest BCUT2D eigenvalue weighted by molar-refractivity contribution is 9.10. The highest BCUT2D eigenvalue weighted by Gasteiger charge is 2.06. The molecule has 8 heteroatoms. The van der Waals surface area contributed by atoms with Crippen molar-refractivity contribution in [1.82, 2.24) is 9.97 Å². The third kappa shape index (κ3) is 5.27. The zero-order valence-corrected chi connectivity index (χ0v) is 16.7. The van der Waals surface area contributed by atoms with E-state index in [9.17, 15) is 4.21 Å². The van der Waals surface area contributed by atoms with Gasteiger partial charge in [-0.3, -0.25) is 0 Å². The second kappa shape index (κ2) is 7.84. The van der Waals surface area contributed by atoms with E-state index in [4.69, 9.17) is 0 Å². The first kappa shape index (κ1) is 18.3. The zero-order valence-electron chi connectivity index (χ0n) is 14.3. The average molecular weight is 432 g/mol. The molecule has 2 N–H and O–H groups in total. The maximum atomic E-state index is 11.7. The molecule has 0 spiro atoms. The summed E-state index contributed by atoms with van der Waals surface area (Å²) in [4.78, 5) is 8.77. The highest BCUT2D eigenvalue weighted by atomic mass is 79.9. The molecule has 0 aliphatic rings. The van der Waals surface area contributed by atoms with Crippen molar-refractivity contribution in [3.05, 3.63) is 65.3 Å². The fourth-order valence-electron chi connectivity index (χ4n) is 2.16. The number of hydrogen-bond donors (Lipinski definition) is 2. The minimum absolute atomic E-state index is 0.464. The zero-order chi connectivity index (χ0) is 18.6. The molecule has 26 heavy (non-hydrogen) atoms. The predicted octanol–water partition coefficient (Wildman–Crippen LogP) is 5.09. The number of nitrogens with one attached hydrogen (secondary N) is 2. The van der Waals surface area contributed by atoms with Gasteiger partial charge in [-0.1, -0.05) is 18.2 Å². The first-order valence-corrected chi connectivity index (χ1v) is 10.9. The molecular formula is C18H18BrN5OS. The van der Waals surface area contributed by atoms with Gasteiger partial charge in [-0.05, 0) is 52.3 Å². The quantitative estimate of drug-likeness (QED) is 0.588. The Balaban J connectivity index is 1.78. The Morgan fingerprint density at radius 2 is 1.62 bits per heavy atom. The normalized spacial score (nSPS) is 11.0. The predicted molar refractivity (Wildman–Crippen MR) is 111 cm³/mol. The Morgan fingerprint density at radius 3 is 2.27 bits per heavy atom. The van der Waals surface area contributed by atoms with Crippen LogP contribution < -0.4 is 10.6 Å². The van der Waals surface area contributed by atoms with Crippen molar-refractivity contribution in [2.24, 2.45) is 4.36 Å². The Labute approximate surface area is 161 Å².